The maximum atomic E-state index is 11.9. The third-order valence-corrected chi connectivity index (χ3v) is 3.53. The molecule has 0 aliphatic carbocycles. The number of aryl methyl sites for hydroxylation is 1. The van der Waals surface area contributed by atoms with Crippen LogP contribution in [0, 0.1) is 10.5 Å². The molecule has 0 heterocycles. The van der Waals surface area contributed by atoms with Crippen LogP contribution >= 0.6 is 22.6 Å². The molecule has 5 heteroatoms. The van der Waals surface area contributed by atoms with Crippen LogP contribution in [0.5, 0.6) is 11.5 Å². The molecule has 0 aliphatic heterocycles. The van der Waals surface area contributed by atoms with Gasteiger partial charge in [-0.2, -0.15) is 0 Å². The van der Waals surface area contributed by atoms with Crippen LogP contribution in [0.3, 0.4) is 0 Å². The van der Waals surface area contributed by atoms with E-state index in [4.69, 9.17) is 9.47 Å². The molecule has 0 spiro atoms. The molecule has 4 nitrogen and oxygen atoms in total. The summed E-state index contributed by atoms with van der Waals surface area (Å²) in [5.41, 5.74) is 1.69. The molecule has 2 rings (SSSR count). The highest BCUT2D eigenvalue weighted by Gasteiger charge is 2.08. The highest BCUT2D eigenvalue weighted by molar-refractivity contribution is 14.1. The van der Waals surface area contributed by atoms with Gasteiger partial charge in [-0.25, -0.2) is 0 Å². The van der Waals surface area contributed by atoms with Crippen LogP contribution in [-0.4, -0.2) is 19.6 Å². The molecular formula is C16H16INO3. The van der Waals surface area contributed by atoms with E-state index in [1.807, 2.05) is 49.4 Å². The van der Waals surface area contributed by atoms with E-state index in [-0.39, 0.29) is 12.5 Å². The summed E-state index contributed by atoms with van der Waals surface area (Å²) in [5.74, 6) is 1.07. The average Bonchev–Trinajstić information content (AvgIpc) is 2.47. The van der Waals surface area contributed by atoms with Gasteiger partial charge in [0, 0.05) is 3.57 Å². The van der Waals surface area contributed by atoms with Crippen LogP contribution in [0.15, 0.2) is 42.5 Å². The van der Waals surface area contributed by atoms with Crippen molar-refractivity contribution < 1.29 is 14.3 Å². The molecule has 1 amide bonds. The molecule has 2 aromatic carbocycles. The lowest BCUT2D eigenvalue weighted by molar-refractivity contribution is -0.118. The van der Waals surface area contributed by atoms with Crippen LogP contribution in [0.2, 0.25) is 0 Å². The zero-order valence-electron chi connectivity index (χ0n) is 11.9. The molecule has 0 saturated carbocycles. The summed E-state index contributed by atoms with van der Waals surface area (Å²) in [5, 5.41) is 2.79. The Morgan fingerprint density at radius 2 is 1.90 bits per heavy atom. The van der Waals surface area contributed by atoms with Gasteiger partial charge in [-0.3, -0.25) is 4.79 Å². The van der Waals surface area contributed by atoms with Crippen LogP contribution in [0.1, 0.15) is 5.56 Å². The van der Waals surface area contributed by atoms with Gasteiger partial charge >= 0.3 is 0 Å². The number of methoxy groups -OCH3 is 1. The number of carbonyl (C=O) groups is 1. The maximum absolute atomic E-state index is 11.9. The smallest absolute Gasteiger partial charge is 0.262 e. The molecule has 21 heavy (non-hydrogen) atoms. The lowest BCUT2D eigenvalue weighted by atomic mass is 10.2. The third-order valence-electron chi connectivity index (χ3n) is 2.81. The van der Waals surface area contributed by atoms with E-state index < -0.39 is 0 Å². The first kappa shape index (κ1) is 15.6. The van der Waals surface area contributed by atoms with Crippen molar-refractivity contribution in [3.63, 3.8) is 0 Å². The Balaban J connectivity index is 1.95. The lowest BCUT2D eigenvalue weighted by Gasteiger charge is -2.11. The van der Waals surface area contributed by atoms with Gasteiger partial charge in [-0.05, 0) is 71.5 Å². The number of hydrogen-bond donors (Lipinski definition) is 1. The summed E-state index contributed by atoms with van der Waals surface area (Å²) in [6, 6.07) is 13.1. The second-order valence-corrected chi connectivity index (χ2v) is 5.74. The van der Waals surface area contributed by atoms with Crippen LogP contribution in [-0.2, 0) is 4.79 Å². The minimum atomic E-state index is -0.225. The van der Waals surface area contributed by atoms with Crippen LogP contribution in [0.4, 0.5) is 5.69 Å². The molecule has 0 aliphatic rings. The van der Waals surface area contributed by atoms with Crippen molar-refractivity contribution >= 4 is 34.2 Å². The number of hydrogen-bond acceptors (Lipinski definition) is 3. The molecule has 0 unspecified atom stereocenters. The zero-order valence-corrected chi connectivity index (χ0v) is 14.0. The van der Waals surface area contributed by atoms with Gasteiger partial charge < -0.3 is 14.8 Å². The first-order valence-electron chi connectivity index (χ1n) is 6.41. The first-order chi connectivity index (χ1) is 10.1. The zero-order chi connectivity index (χ0) is 15.2. The Hall–Kier alpha value is -1.76. The molecule has 0 atom stereocenters. The predicted molar refractivity (Wildman–Crippen MR) is 91.0 cm³/mol. The molecule has 1 N–H and O–H groups in total. The van der Waals surface area contributed by atoms with E-state index >= 15 is 0 Å². The van der Waals surface area contributed by atoms with Gasteiger partial charge in [0.1, 0.15) is 11.5 Å². The first-order valence-corrected chi connectivity index (χ1v) is 7.49. The second-order valence-electron chi connectivity index (χ2n) is 4.49. The topological polar surface area (TPSA) is 47.6 Å². The van der Waals surface area contributed by atoms with Gasteiger partial charge in [0.05, 0.1) is 12.8 Å². The number of halogens is 1. The summed E-state index contributed by atoms with van der Waals surface area (Å²) >= 11 is 2.22. The van der Waals surface area contributed by atoms with E-state index in [9.17, 15) is 4.79 Å². The summed E-state index contributed by atoms with van der Waals surface area (Å²) in [6.07, 6.45) is 0. The minimum Gasteiger partial charge on any atom is -0.495 e. The Bertz CT molecular complexity index is 626. The lowest BCUT2D eigenvalue weighted by Crippen LogP contribution is -2.20. The van der Waals surface area contributed by atoms with Crippen molar-refractivity contribution in [1.82, 2.24) is 0 Å². The number of anilines is 1. The van der Waals surface area contributed by atoms with Crippen molar-refractivity contribution in [2.24, 2.45) is 0 Å². The molecule has 0 fully saturated rings. The Morgan fingerprint density at radius 1 is 1.19 bits per heavy atom. The van der Waals surface area contributed by atoms with Gasteiger partial charge in [0.15, 0.2) is 6.61 Å². The maximum Gasteiger partial charge on any atom is 0.262 e. The second kappa shape index (κ2) is 7.31. The normalized spacial score (nSPS) is 10.0. The number of ether oxygens (including phenoxy) is 2. The summed E-state index contributed by atoms with van der Waals surface area (Å²) in [4.78, 5) is 11.9. The van der Waals surface area contributed by atoms with Gasteiger partial charge in [0.25, 0.3) is 5.91 Å². The van der Waals surface area contributed by atoms with Gasteiger partial charge in [0.2, 0.25) is 0 Å². The average molecular weight is 397 g/mol. The molecular weight excluding hydrogens is 381 g/mol. The van der Waals surface area contributed by atoms with E-state index in [0.29, 0.717) is 17.2 Å². The van der Waals surface area contributed by atoms with E-state index in [0.717, 1.165) is 9.13 Å². The number of carbonyl (C=O) groups excluding carboxylic acids is 1. The quantitative estimate of drug-likeness (QED) is 0.785. The molecule has 110 valence electrons. The van der Waals surface area contributed by atoms with Crippen LogP contribution in [0.25, 0.3) is 0 Å². The molecule has 2 aromatic rings. The molecule has 0 saturated heterocycles. The fourth-order valence-corrected chi connectivity index (χ4v) is 2.15. The van der Waals surface area contributed by atoms with Crippen LogP contribution < -0.4 is 14.8 Å². The standard InChI is InChI=1S/C16H16INO3/c1-11-3-8-15(20-2)14(9-11)18-16(19)10-21-13-6-4-12(17)5-7-13/h3-9H,10H2,1-2H3,(H,18,19). The summed E-state index contributed by atoms with van der Waals surface area (Å²) in [7, 11) is 1.57. The molecule has 0 radical (unpaired) electrons. The SMILES string of the molecule is COc1ccc(C)cc1NC(=O)COc1ccc(I)cc1. The highest BCUT2D eigenvalue weighted by Crippen LogP contribution is 2.25. The monoisotopic (exact) mass is 397 g/mol. The predicted octanol–water partition coefficient (Wildman–Crippen LogP) is 3.63. The number of nitrogens with one attached hydrogen (secondary N) is 1. The largest absolute Gasteiger partial charge is 0.495 e. The molecule has 0 aromatic heterocycles. The highest BCUT2D eigenvalue weighted by atomic mass is 127. The third kappa shape index (κ3) is 4.63. The van der Waals surface area contributed by atoms with Crippen molar-refractivity contribution in [2.45, 2.75) is 6.92 Å². The van der Waals surface area contributed by atoms with Crippen molar-refractivity contribution in [3.05, 3.63) is 51.6 Å². The van der Waals surface area contributed by atoms with E-state index in [1.54, 1.807) is 7.11 Å². The Kier molecular flexibility index (Phi) is 5.44. The fourth-order valence-electron chi connectivity index (χ4n) is 1.79. The van der Waals surface area contributed by atoms with Gasteiger partial charge in [-0.15, -0.1) is 0 Å². The Labute approximate surface area is 137 Å². The molecule has 0 bridgehead atoms. The van der Waals surface area contributed by atoms with Crippen molar-refractivity contribution in [2.75, 3.05) is 19.0 Å². The Morgan fingerprint density at radius 3 is 2.57 bits per heavy atom. The fraction of sp³-hybridized carbons (Fsp3) is 0.188. The number of amides is 1. The van der Waals surface area contributed by atoms with E-state index in [1.165, 1.54) is 0 Å². The number of rotatable bonds is 5. The van der Waals surface area contributed by atoms with Crippen molar-refractivity contribution in [3.8, 4) is 11.5 Å². The number of benzene rings is 2. The minimum absolute atomic E-state index is 0.0440. The summed E-state index contributed by atoms with van der Waals surface area (Å²) < 4.78 is 11.8. The van der Waals surface area contributed by atoms with Crippen molar-refractivity contribution in [1.29, 1.82) is 0 Å². The van der Waals surface area contributed by atoms with E-state index in [2.05, 4.69) is 27.9 Å². The van der Waals surface area contributed by atoms with Gasteiger partial charge in [-0.1, -0.05) is 6.07 Å². The summed E-state index contributed by atoms with van der Waals surface area (Å²) in [6.45, 7) is 1.91.